The third kappa shape index (κ3) is 5.23. The van der Waals surface area contributed by atoms with Crippen molar-refractivity contribution >= 4 is 5.91 Å². The Morgan fingerprint density at radius 1 is 1.24 bits per heavy atom. The van der Waals surface area contributed by atoms with Crippen LogP contribution in [-0.2, 0) is 9.53 Å². The van der Waals surface area contributed by atoms with Gasteiger partial charge in [-0.3, -0.25) is 14.6 Å². The number of amides is 1. The molecule has 1 aromatic carbocycles. The van der Waals surface area contributed by atoms with Crippen molar-refractivity contribution in [1.82, 2.24) is 15.1 Å². The maximum atomic E-state index is 13.3. The number of nitrogens with zero attached hydrogens (tertiary/aromatic N) is 2. The second-order valence-electron chi connectivity index (χ2n) is 6.81. The summed E-state index contributed by atoms with van der Waals surface area (Å²) in [5, 5.41) is 3.11. The number of rotatable bonds is 8. The van der Waals surface area contributed by atoms with Crippen molar-refractivity contribution in [2.75, 3.05) is 45.9 Å². The van der Waals surface area contributed by atoms with E-state index in [0.717, 1.165) is 64.3 Å². The maximum Gasteiger partial charge on any atom is 0.242 e. The van der Waals surface area contributed by atoms with E-state index >= 15 is 0 Å². The van der Waals surface area contributed by atoms with E-state index in [2.05, 4.69) is 15.1 Å². The normalized spacial score (nSPS) is 20.4. The van der Waals surface area contributed by atoms with Gasteiger partial charge in [0.05, 0.1) is 6.61 Å². The summed E-state index contributed by atoms with van der Waals surface area (Å²) in [6.07, 6.45) is 2.13. The Hall–Kier alpha value is -1.50. The minimum atomic E-state index is -0.338. The SMILES string of the molecule is CCOCCN1CCN(C(C(=O)NC2CC2)c2ccc(F)cc2)CC1. The van der Waals surface area contributed by atoms with Crippen molar-refractivity contribution in [2.24, 2.45) is 0 Å². The number of hydrogen-bond acceptors (Lipinski definition) is 4. The number of benzene rings is 1. The quantitative estimate of drug-likeness (QED) is 0.727. The minimum absolute atomic E-state index is 0.0388. The average molecular weight is 349 g/mol. The van der Waals surface area contributed by atoms with E-state index < -0.39 is 0 Å². The maximum absolute atomic E-state index is 13.3. The third-order valence-electron chi connectivity index (χ3n) is 4.89. The second-order valence-corrected chi connectivity index (χ2v) is 6.81. The Balaban J connectivity index is 1.63. The molecule has 1 amide bonds. The van der Waals surface area contributed by atoms with Crippen LogP contribution in [0.4, 0.5) is 4.39 Å². The average Bonchev–Trinajstić information content (AvgIpc) is 3.42. The van der Waals surface area contributed by atoms with Gasteiger partial charge in [0.25, 0.3) is 0 Å². The number of piperazine rings is 1. The van der Waals surface area contributed by atoms with Gasteiger partial charge in [0, 0.05) is 45.4 Å². The molecule has 0 radical (unpaired) electrons. The Kier molecular flexibility index (Phi) is 6.39. The molecule has 1 aliphatic heterocycles. The van der Waals surface area contributed by atoms with E-state index in [1.165, 1.54) is 12.1 Å². The molecule has 1 atom stereocenters. The lowest BCUT2D eigenvalue weighted by molar-refractivity contribution is -0.127. The van der Waals surface area contributed by atoms with E-state index in [1.807, 2.05) is 6.92 Å². The molecular weight excluding hydrogens is 321 g/mol. The van der Waals surface area contributed by atoms with Gasteiger partial charge in [-0.2, -0.15) is 0 Å². The van der Waals surface area contributed by atoms with Crippen LogP contribution in [0.1, 0.15) is 31.4 Å². The lowest BCUT2D eigenvalue weighted by atomic mass is 10.0. The molecule has 2 fully saturated rings. The smallest absolute Gasteiger partial charge is 0.242 e. The van der Waals surface area contributed by atoms with Crippen LogP contribution in [-0.4, -0.2) is 67.7 Å². The van der Waals surface area contributed by atoms with Crippen molar-refractivity contribution in [3.05, 3.63) is 35.6 Å². The Labute approximate surface area is 149 Å². The van der Waals surface area contributed by atoms with E-state index in [4.69, 9.17) is 4.74 Å². The number of carbonyl (C=O) groups is 1. The van der Waals surface area contributed by atoms with Gasteiger partial charge >= 0.3 is 0 Å². The molecule has 1 heterocycles. The van der Waals surface area contributed by atoms with Gasteiger partial charge in [0.2, 0.25) is 5.91 Å². The summed E-state index contributed by atoms with van der Waals surface area (Å²) in [5.41, 5.74) is 0.863. The first-order chi connectivity index (χ1) is 12.2. The van der Waals surface area contributed by atoms with Crippen molar-refractivity contribution < 1.29 is 13.9 Å². The van der Waals surface area contributed by atoms with Gasteiger partial charge < -0.3 is 10.1 Å². The van der Waals surface area contributed by atoms with Gasteiger partial charge in [-0.05, 0) is 37.5 Å². The Morgan fingerprint density at radius 2 is 1.92 bits per heavy atom. The van der Waals surface area contributed by atoms with Crippen LogP contribution in [0.3, 0.4) is 0 Å². The van der Waals surface area contributed by atoms with Gasteiger partial charge in [-0.15, -0.1) is 0 Å². The fourth-order valence-electron chi connectivity index (χ4n) is 3.26. The first-order valence-corrected chi connectivity index (χ1v) is 9.27. The van der Waals surface area contributed by atoms with Gasteiger partial charge in [-0.1, -0.05) is 12.1 Å². The molecule has 1 saturated heterocycles. The van der Waals surface area contributed by atoms with E-state index in [9.17, 15) is 9.18 Å². The Morgan fingerprint density at radius 3 is 2.52 bits per heavy atom. The van der Waals surface area contributed by atoms with Crippen LogP contribution < -0.4 is 5.32 Å². The third-order valence-corrected chi connectivity index (χ3v) is 4.89. The minimum Gasteiger partial charge on any atom is -0.380 e. The summed E-state index contributed by atoms with van der Waals surface area (Å²) in [4.78, 5) is 17.4. The lowest BCUT2D eigenvalue weighted by Crippen LogP contribution is -2.51. The molecule has 1 saturated carbocycles. The molecule has 0 spiro atoms. The van der Waals surface area contributed by atoms with Crippen LogP contribution in [0.2, 0.25) is 0 Å². The largest absolute Gasteiger partial charge is 0.380 e. The van der Waals surface area contributed by atoms with E-state index in [-0.39, 0.29) is 17.8 Å². The molecular formula is C19H28FN3O2. The number of ether oxygens (including phenoxy) is 1. The standard InChI is InChI=1S/C19H28FN3O2/c1-2-25-14-13-22-9-11-23(12-10-22)18(19(24)21-17-7-8-17)15-3-5-16(20)6-4-15/h3-6,17-18H,2,7-14H2,1H3,(H,21,24). The molecule has 1 unspecified atom stereocenters. The first-order valence-electron chi connectivity index (χ1n) is 9.27. The lowest BCUT2D eigenvalue weighted by Gasteiger charge is -2.38. The molecule has 5 nitrogen and oxygen atoms in total. The molecule has 2 aliphatic rings. The van der Waals surface area contributed by atoms with Crippen LogP contribution in [0.15, 0.2) is 24.3 Å². The summed E-state index contributed by atoms with van der Waals surface area (Å²) in [5.74, 6) is -0.234. The van der Waals surface area contributed by atoms with Crippen LogP contribution in [0.25, 0.3) is 0 Å². The molecule has 25 heavy (non-hydrogen) atoms. The van der Waals surface area contributed by atoms with Crippen molar-refractivity contribution in [1.29, 1.82) is 0 Å². The van der Waals surface area contributed by atoms with Crippen molar-refractivity contribution in [3.8, 4) is 0 Å². The van der Waals surface area contributed by atoms with Crippen LogP contribution in [0.5, 0.6) is 0 Å². The molecule has 1 aliphatic carbocycles. The number of carbonyl (C=O) groups excluding carboxylic acids is 1. The summed E-state index contributed by atoms with van der Waals surface area (Å²) >= 11 is 0. The van der Waals surface area contributed by atoms with Gasteiger partial charge in [-0.25, -0.2) is 4.39 Å². The van der Waals surface area contributed by atoms with Gasteiger partial charge in [0.15, 0.2) is 0 Å². The highest BCUT2D eigenvalue weighted by atomic mass is 19.1. The fraction of sp³-hybridized carbons (Fsp3) is 0.632. The summed E-state index contributed by atoms with van der Waals surface area (Å²) in [6, 6.07) is 6.32. The molecule has 3 rings (SSSR count). The van der Waals surface area contributed by atoms with Gasteiger partial charge in [0.1, 0.15) is 11.9 Å². The fourth-order valence-corrected chi connectivity index (χ4v) is 3.26. The summed E-state index contributed by atoms with van der Waals surface area (Å²) < 4.78 is 18.7. The topological polar surface area (TPSA) is 44.8 Å². The first kappa shape index (κ1) is 18.3. The number of nitrogens with one attached hydrogen (secondary N) is 1. The van der Waals surface area contributed by atoms with Crippen molar-refractivity contribution in [3.63, 3.8) is 0 Å². The van der Waals surface area contributed by atoms with E-state index in [0.29, 0.717) is 6.04 Å². The zero-order valence-electron chi connectivity index (χ0n) is 14.9. The second kappa shape index (κ2) is 8.74. The molecule has 6 heteroatoms. The van der Waals surface area contributed by atoms with Crippen LogP contribution >= 0.6 is 0 Å². The molecule has 1 N–H and O–H groups in total. The zero-order valence-corrected chi connectivity index (χ0v) is 14.9. The highest BCUT2D eigenvalue weighted by Gasteiger charge is 2.33. The zero-order chi connectivity index (χ0) is 17.6. The number of hydrogen-bond donors (Lipinski definition) is 1. The molecule has 1 aromatic rings. The summed E-state index contributed by atoms with van der Waals surface area (Å²) in [6.45, 7) is 7.91. The highest BCUT2D eigenvalue weighted by molar-refractivity contribution is 5.83. The van der Waals surface area contributed by atoms with Crippen LogP contribution in [0, 0.1) is 5.82 Å². The number of halogens is 1. The van der Waals surface area contributed by atoms with E-state index in [1.54, 1.807) is 12.1 Å². The van der Waals surface area contributed by atoms with Crippen molar-refractivity contribution in [2.45, 2.75) is 31.8 Å². The predicted molar refractivity (Wildman–Crippen MR) is 94.8 cm³/mol. The Bertz CT molecular complexity index is 554. The predicted octanol–water partition coefficient (Wildman–Crippen LogP) is 1.80. The highest BCUT2D eigenvalue weighted by Crippen LogP contribution is 2.26. The monoisotopic (exact) mass is 349 g/mol. The summed E-state index contributed by atoms with van der Waals surface area (Å²) in [7, 11) is 0. The molecule has 0 aromatic heterocycles. The molecule has 0 bridgehead atoms. The molecule has 138 valence electrons.